The summed E-state index contributed by atoms with van der Waals surface area (Å²) in [6.45, 7) is 3.64. The summed E-state index contributed by atoms with van der Waals surface area (Å²) in [6, 6.07) is 21.5. The van der Waals surface area contributed by atoms with Crippen LogP contribution in [0.3, 0.4) is 0 Å². The summed E-state index contributed by atoms with van der Waals surface area (Å²) in [5.74, 6) is -0.527. The summed E-state index contributed by atoms with van der Waals surface area (Å²) in [5.41, 5.74) is 6.22. The normalized spacial score (nSPS) is 11.8. The number of hydrazone groups is 1. The fraction of sp³-hybridized carbons (Fsp3) is 0.167. The summed E-state index contributed by atoms with van der Waals surface area (Å²) >= 11 is 3.31. The Labute approximate surface area is 197 Å². The largest absolute Gasteiger partial charge is 0.272 e. The van der Waals surface area contributed by atoms with Crippen LogP contribution in [0.2, 0.25) is 0 Å². The van der Waals surface area contributed by atoms with Gasteiger partial charge in [-0.3, -0.25) is 4.79 Å². The number of carbonyl (C=O) groups is 1. The van der Waals surface area contributed by atoms with Crippen LogP contribution in [0.15, 0.2) is 87.3 Å². The minimum Gasteiger partial charge on any atom is -0.272 e. The summed E-state index contributed by atoms with van der Waals surface area (Å²) in [4.78, 5) is 12.7. The first kappa shape index (κ1) is 23.8. The maximum atomic E-state index is 13.3. The highest BCUT2D eigenvalue weighted by atomic mass is 79.9. The maximum Gasteiger partial charge on any atom is 0.255 e. The van der Waals surface area contributed by atoms with Crippen LogP contribution in [0, 0.1) is 13.8 Å². The van der Waals surface area contributed by atoms with Crippen LogP contribution in [0.5, 0.6) is 0 Å². The number of nitrogens with one attached hydrogen (secondary N) is 1. The highest BCUT2D eigenvalue weighted by Gasteiger charge is 2.27. The Morgan fingerprint density at radius 3 is 2.09 bits per heavy atom. The predicted octanol–water partition coefficient (Wildman–Crippen LogP) is 4.41. The second-order valence-electron chi connectivity index (χ2n) is 7.42. The van der Waals surface area contributed by atoms with Gasteiger partial charge in [-0.25, -0.2) is 13.8 Å². The molecule has 3 rings (SSSR count). The van der Waals surface area contributed by atoms with Crippen LogP contribution < -0.4 is 5.43 Å². The van der Waals surface area contributed by atoms with Gasteiger partial charge < -0.3 is 0 Å². The molecule has 0 aliphatic carbocycles. The van der Waals surface area contributed by atoms with Crippen molar-refractivity contribution in [3.8, 4) is 0 Å². The lowest BCUT2D eigenvalue weighted by atomic mass is 10.1. The zero-order valence-electron chi connectivity index (χ0n) is 17.8. The van der Waals surface area contributed by atoms with Gasteiger partial charge in [0.05, 0.1) is 17.7 Å². The zero-order chi connectivity index (χ0) is 23.1. The van der Waals surface area contributed by atoms with Gasteiger partial charge >= 0.3 is 0 Å². The number of amides is 1. The lowest BCUT2D eigenvalue weighted by Crippen LogP contribution is -2.39. The van der Waals surface area contributed by atoms with Gasteiger partial charge in [-0.05, 0) is 49.2 Å². The molecule has 0 aliphatic rings. The summed E-state index contributed by atoms with van der Waals surface area (Å²) in [5, 5.41) is 3.96. The van der Waals surface area contributed by atoms with Gasteiger partial charge in [0, 0.05) is 11.0 Å². The van der Waals surface area contributed by atoms with E-state index in [0.717, 1.165) is 31.0 Å². The van der Waals surface area contributed by atoms with Gasteiger partial charge in [-0.2, -0.15) is 9.41 Å². The number of halogens is 1. The van der Waals surface area contributed by atoms with Crippen molar-refractivity contribution in [1.29, 1.82) is 0 Å². The number of sulfonamides is 1. The van der Waals surface area contributed by atoms with E-state index < -0.39 is 15.9 Å². The first-order chi connectivity index (χ1) is 15.2. The smallest absolute Gasteiger partial charge is 0.255 e. The van der Waals surface area contributed by atoms with Crippen molar-refractivity contribution in [1.82, 2.24) is 9.73 Å². The van der Waals surface area contributed by atoms with E-state index in [0.29, 0.717) is 0 Å². The van der Waals surface area contributed by atoms with Crippen LogP contribution in [0.25, 0.3) is 0 Å². The molecule has 0 aliphatic heterocycles. The number of nitrogens with zero attached hydrogens (tertiary/aromatic N) is 2. The molecule has 166 valence electrons. The van der Waals surface area contributed by atoms with Crippen molar-refractivity contribution in [3.63, 3.8) is 0 Å². The van der Waals surface area contributed by atoms with E-state index in [1.165, 1.54) is 18.3 Å². The highest BCUT2D eigenvalue weighted by Crippen LogP contribution is 2.21. The van der Waals surface area contributed by atoms with E-state index in [2.05, 4.69) is 26.5 Å². The van der Waals surface area contributed by atoms with Crippen LogP contribution >= 0.6 is 15.9 Å². The summed E-state index contributed by atoms with van der Waals surface area (Å²) in [6.07, 6.45) is 1.52. The maximum absolute atomic E-state index is 13.3. The van der Waals surface area contributed by atoms with Crippen molar-refractivity contribution < 1.29 is 13.2 Å². The third-order valence-corrected chi connectivity index (χ3v) is 7.07. The summed E-state index contributed by atoms with van der Waals surface area (Å²) < 4.78 is 28.5. The Kier molecular flexibility index (Phi) is 7.95. The molecule has 1 N–H and O–H groups in total. The average molecular weight is 514 g/mol. The van der Waals surface area contributed by atoms with Crippen LogP contribution in [-0.2, 0) is 21.4 Å². The van der Waals surface area contributed by atoms with E-state index in [-0.39, 0.29) is 18.0 Å². The number of benzene rings is 3. The van der Waals surface area contributed by atoms with E-state index in [1.54, 1.807) is 12.1 Å². The Morgan fingerprint density at radius 2 is 1.50 bits per heavy atom. The van der Waals surface area contributed by atoms with Crippen LogP contribution in [-0.4, -0.2) is 31.4 Å². The van der Waals surface area contributed by atoms with Gasteiger partial charge in [0.25, 0.3) is 5.91 Å². The lowest BCUT2D eigenvalue weighted by Gasteiger charge is -2.21. The van der Waals surface area contributed by atoms with E-state index in [9.17, 15) is 13.2 Å². The predicted molar refractivity (Wildman–Crippen MR) is 130 cm³/mol. The highest BCUT2D eigenvalue weighted by molar-refractivity contribution is 9.10. The fourth-order valence-electron chi connectivity index (χ4n) is 2.91. The summed E-state index contributed by atoms with van der Waals surface area (Å²) in [7, 11) is -3.90. The molecule has 6 nitrogen and oxygen atoms in total. The molecule has 8 heteroatoms. The topological polar surface area (TPSA) is 78.8 Å². The van der Waals surface area contributed by atoms with Crippen molar-refractivity contribution in [2.24, 2.45) is 5.10 Å². The van der Waals surface area contributed by atoms with Crippen molar-refractivity contribution >= 4 is 38.1 Å². The van der Waals surface area contributed by atoms with Crippen LogP contribution in [0.1, 0.15) is 22.3 Å². The zero-order valence-corrected chi connectivity index (χ0v) is 20.2. The Hall–Kier alpha value is -2.81. The number of hydrogen-bond donors (Lipinski definition) is 1. The molecule has 3 aromatic carbocycles. The van der Waals surface area contributed by atoms with E-state index >= 15 is 0 Å². The Bertz CT molecular complexity index is 1190. The number of rotatable bonds is 8. The molecular formula is C24H24BrN3O3S. The molecule has 0 saturated heterocycles. The quantitative estimate of drug-likeness (QED) is 0.358. The molecule has 0 unspecified atom stereocenters. The molecule has 0 aromatic heterocycles. The molecule has 0 saturated carbocycles. The Morgan fingerprint density at radius 1 is 0.938 bits per heavy atom. The minimum atomic E-state index is -3.90. The van der Waals surface area contributed by atoms with E-state index in [4.69, 9.17) is 0 Å². The van der Waals surface area contributed by atoms with Gasteiger partial charge in [0.2, 0.25) is 10.0 Å². The molecule has 0 spiro atoms. The van der Waals surface area contributed by atoms with Gasteiger partial charge in [-0.15, -0.1) is 0 Å². The van der Waals surface area contributed by atoms with Crippen molar-refractivity contribution in [2.45, 2.75) is 25.3 Å². The van der Waals surface area contributed by atoms with Crippen molar-refractivity contribution in [3.05, 3.63) is 99.5 Å². The van der Waals surface area contributed by atoms with Crippen molar-refractivity contribution in [2.75, 3.05) is 6.54 Å². The second-order valence-corrected chi connectivity index (χ2v) is 10.3. The number of aryl methyl sites for hydroxylation is 2. The third kappa shape index (κ3) is 6.59. The van der Waals surface area contributed by atoms with Crippen LogP contribution in [0.4, 0.5) is 0 Å². The monoisotopic (exact) mass is 513 g/mol. The molecule has 1 amide bonds. The average Bonchev–Trinajstić information content (AvgIpc) is 2.76. The molecular weight excluding hydrogens is 490 g/mol. The van der Waals surface area contributed by atoms with Gasteiger partial charge in [0.15, 0.2) is 0 Å². The molecule has 3 aromatic rings. The molecule has 0 radical (unpaired) electrons. The minimum absolute atomic E-state index is 0.0633. The van der Waals surface area contributed by atoms with E-state index in [1.807, 2.05) is 62.4 Å². The molecule has 0 bridgehead atoms. The molecule has 0 atom stereocenters. The Balaban J connectivity index is 1.78. The molecule has 0 heterocycles. The van der Waals surface area contributed by atoms with Gasteiger partial charge in [-0.1, -0.05) is 75.6 Å². The van der Waals surface area contributed by atoms with Gasteiger partial charge in [0.1, 0.15) is 0 Å². The SMILES string of the molecule is Cc1ccc(/C=N\NC(=O)CN(Cc2ccc(C)cc2)S(=O)(=O)c2ccc(Br)cc2)cc1. The number of carbonyl (C=O) groups excluding carboxylic acids is 1. The molecule has 0 fully saturated rings. The molecule has 32 heavy (non-hydrogen) atoms. The fourth-order valence-corrected chi connectivity index (χ4v) is 4.55. The first-order valence-electron chi connectivity index (χ1n) is 9.94. The third-order valence-electron chi connectivity index (χ3n) is 4.73. The standard InChI is InChI=1S/C24H24BrN3O3S/c1-18-3-7-20(8-4-18)15-26-27-24(29)17-28(16-21-9-5-19(2)6-10-21)32(30,31)23-13-11-22(25)12-14-23/h3-15H,16-17H2,1-2H3,(H,27,29)/b26-15-. The number of hydrogen-bond acceptors (Lipinski definition) is 4. The first-order valence-corrected chi connectivity index (χ1v) is 12.2. The second kappa shape index (κ2) is 10.7. The lowest BCUT2D eigenvalue weighted by molar-refractivity contribution is -0.121.